The summed E-state index contributed by atoms with van der Waals surface area (Å²) in [4.78, 5) is 15.8. The van der Waals surface area contributed by atoms with E-state index in [1.165, 1.54) is 18.3 Å². The highest BCUT2D eigenvalue weighted by Gasteiger charge is 2.10. The third-order valence-electron chi connectivity index (χ3n) is 3.35. The highest BCUT2D eigenvalue weighted by atomic mass is 19.1. The third kappa shape index (κ3) is 4.07. The first-order chi connectivity index (χ1) is 11.6. The fourth-order valence-electron chi connectivity index (χ4n) is 2.13. The zero-order chi connectivity index (χ0) is 16.9. The van der Waals surface area contributed by atoms with Crippen LogP contribution in [0.15, 0.2) is 47.3 Å². The van der Waals surface area contributed by atoms with Crippen LogP contribution in [0.25, 0.3) is 11.3 Å². The molecule has 24 heavy (non-hydrogen) atoms. The molecule has 0 saturated carbocycles. The molecule has 0 radical (unpaired) electrons. The minimum Gasteiger partial charge on any atom is -0.456 e. The van der Waals surface area contributed by atoms with Gasteiger partial charge in [-0.25, -0.2) is 9.37 Å². The Labute approximate surface area is 137 Å². The average Bonchev–Trinajstić information content (AvgIpc) is 3.21. The molecule has 2 aromatic heterocycles. The van der Waals surface area contributed by atoms with Crippen molar-refractivity contribution in [1.82, 2.24) is 14.8 Å². The van der Waals surface area contributed by atoms with Crippen LogP contribution in [0.3, 0.4) is 0 Å². The number of benzene rings is 1. The maximum absolute atomic E-state index is 12.9. The summed E-state index contributed by atoms with van der Waals surface area (Å²) in [5, 5.41) is 4.10. The number of oxazole rings is 1. The van der Waals surface area contributed by atoms with Crippen molar-refractivity contribution in [3.63, 3.8) is 0 Å². The smallest absolute Gasteiger partial charge is 0.308 e. The SMILES string of the molecule is Cc1cnn(CCC(=O)OCc2ncc(-c3ccc(F)cc3)o2)c1. The van der Waals surface area contributed by atoms with Gasteiger partial charge in [-0.3, -0.25) is 9.48 Å². The summed E-state index contributed by atoms with van der Waals surface area (Å²) in [5.41, 5.74) is 1.74. The van der Waals surface area contributed by atoms with E-state index in [0.29, 0.717) is 17.9 Å². The van der Waals surface area contributed by atoms with Crippen LogP contribution in [0, 0.1) is 12.7 Å². The number of hydrogen-bond donors (Lipinski definition) is 0. The fourth-order valence-corrected chi connectivity index (χ4v) is 2.13. The van der Waals surface area contributed by atoms with Crippen LogP contribution in [0.2, 0.25) is 0 Å². The lowest BCUT2D eigenvalue weighted by Crippen LogP contribution is -2.09. The van der Waals surface area contributed by atoms with Crippen molar-refractivity contribution >= 4 is 5.97 Å². The van der Waals surface area contributed by atoms with Gasteiger partial charge in [0.25, 0.3) is 0 Å². The maximum Gasteiger partial charge on any atom is 0.308 e. The van der Waals surface area contributed by atoms with Crippen LogP contribution in [0.4, 0.5) is 4.39 Å². The number of ether oxygens (including phenoxy) is 1. The molecule has 0 spiro atoms. The number of aryl methyl sites for hydroxylation is 2. The molecular formula is C17H16FN3O3. The molecule has 0 fully saturated rings. The van der Waals surface area contributed by atoms with E-state index in [4.69, 9.17) is 9.15 Å². The summed E-state index contributed by atoms with van der Waals surface area (Å²) in [5.74, 6) is 0.107. The lowest BCUT2D eigenvalue weighted by molar-refractivity contribution is -0.145. The second-order valence-corrected chi connectivity index (χ2v) is 5.32. The lowest BCUT2D eigenvalue weighted by atomic mass is 10.2. The molecule has 3 aromatic rings. The quantitative estimate of drug-likeness (QED) is 0.650. The van der Waals surface area contributed by atoms with Gasteiger partial charge < -0.3 is 9.15 Å². The van der Waals surface area contributed by atoms with Crippen molar-refractivity contribution < 1.29 is 18.3 Å². The van der Waals surface area contributed by atoms with E-state index in [1.54, 1.807) is 23.0 Å². The topological polar surface area (TPSA) is 70.2 Å². The summed E-state index contributed by atoms with van der Waals surface area (Å²) < 4.78 is 25.2. The number of carbonyl (C=O) groups is 1. The molecule has 124 valence electrons. The molecule has 0 amide bonds. The van der Waals surface area contributed by atoms with Gasteiger partial charge in [0.2, 0.25) is 5.89 Å². The summed E-state index contributed by atoms with van der Waals surface area (Å²) in [6.07, 6.45) is 5.32. The number of esters is 1. The zero-order valence-corrected chi connectivity index (χ0v) is 13.1. The molecule has 0 aliphatic heterocycles. The van der Waals surface area contributed by atoms with Gasteiger partial charge in [-0.1, -0.05) is 0 Å². The van der Waals surface area contributed by atoms with E-state index < -0.39 is 0 Å². The highest BCUT2D eigenvalue weighted by Crippen LogP contribution is 2.20. The Bertz CT molecular complexity index is 824. The van der Waals surface area contributed by atoms with Gasteiger partial charge in [0.1, 0.15) is 5.82 Å². The summed E-state index contributed by atoms with van der Waals surface area (Å²) in [6, 6.07) is 5.87. The predicted molar refractivity (Wildman–Crippen MR) is 83.3 cm³/mol. The lowest BCUT2D eigenvalue weighted by Gasteiger charge is -2.03. The van der Waals surface area contributed by atoms with Crippen LogP contribution in [-0.2, 0) is 22.7 Å². The Morgan fingerprint density at radius 3 is 2.79 bits per heavy atom. The van der Waals surface area contributed by atoms with E-state index in [0.717, 1.165) is 5.56 Å². The first-order valence-corrected chi connectivity index (χ1v) is 7.45. The average molecular weight is 329 g/mol. The molecule has 1 aromatic carbocycles. The molecule has 7 heteroatoms. The Kier molecular flexibility index (Phi) is 4.69. The van der Waals surface area contributed by atoms with Crippen LogP contribution < -0.4 is 0 Å². The van der Waals surface area contributed by atoms with Gasteiger partial charge >= 0.3 is 5.97 Å². The van der Waals surface area contributed by atoms with Crippen molar-refractivity contribution in [3.8, 4) is 11.3 Å². The second-order valence-electron chi connectivity index (χ2n) is 5.32. The highest BCUT2D eigenvalue weighted by molar-refractivity contribution is 5.69. The van der Waals surface area contributed by atoms with Crippen molar-refractivity contribution in [2.24, 2.45) is 0 Å². The molecule has 0 unspecified atom stereocenters. The molecule has 0 N–H and O–H groups in total. The Balaban J connectivity index is 1.49. The van der Waals surface area contributed by atoms with Gasteiger partial charge in [-0.15, -0.1) is 0 Å². The zero-order valence-electron chi connectivity index (χ0n) is 13.1. The molecule has 0 aliphatic rings. The van der Waals surface area contributed by atoms with Crippen LogP contribution in [-0.4, -0.2) is 20.7 Å². The Hall–Kier alpha value is -2.96. The molecule has 3 rings (SSSR count). The second kappa shape index (κ2) is 7.08. The molecule has 2 heterocycles. The maximum atomic E-state index is 12.9. The van der Waals surface area contributed by atoms with Crippen LogP contribution in [0.1, 0.15) is 17.9 Å². The number of rotatable bonds is 6. The summed E-state index contributed by atoms with van der Waals surface area (Å²) >= 11 is 0. The normalized spacial score (nSPS) is 10.8. The molecule has 0 atom stereocenters. The standard InChI is InChI=1S/C17H16FN3O3/c1-12-8-20-21(10-12)7-6-17(22)23-11-16-19-9-15(24-16)13-2-4-14(18)5-3-13/h2-5,8-10H,6-7,11H2,1H3. The van der Waals surface area contributed by atoms with Gasteiger partial charge in [0.05, 0.1) is 25.4 Å². The van der Waals surface area contributed by atoms with E-state index >= 15 is 0 Å². The predicted octanol–water partition coefficient (Wildman–Crippen LogP) is 3.12. The fraction of sp³-hybridized carbons (Fsp3) is 0.235. The Morgan fingerprint density at radius 1 is 1.29 bits per heavy atom. The third-order valence-corrected chi connectivity index (χ3v) is 3.35. The van der Waals surface area contributed by atoms with E-state index in [2.05, 4.69) is 10.1 Å². The molecule has 0 saturated heterocycles. The van der Waals surface area contributed by atoms with Crippen molar-refractivity contribution in [2.45, 2.75) is 26.5 Å². The first kappa shape index (κ1) is 15.9. The molecule has 6 nitrogen and oxygen atoms in total. The van der Waals surface area contributed by atoms with Crippen molar-refractivity contribution in [3.05, 3.63) is 60.1 Å². The number of aromatic nitrogens is 3. The molecular weight excluding hydrogens is 313 g/mol. The van der Waals surface area contributed by atoms with Gasteiger partial charge in [-0.2, -0.15) is 5.10 Å². The van der Waals surface area contributed by atoms with E-state index in [9.17, 15) is 9.18 Å². The van der Waals surface area contributed by atoms with Crippen molar-refractivity contribution in [1.29, 1.82) is 0 Å². The number of carbonyl (C=O) groups excluding carboxylic acids is 1. The van der Waals surface area contributed by atoms with Crippen LogP contribution >= 0.6 is 0 Å². The van der Waals surface area contributed by atoms with Crippen LogP contribution in [0.5, 0.6) is 0 Å². The van der Waals surface area contributed by atoms with Crippen molar-refractivity contribution in [2.75, 3.05) is 0 Å². The largest absolute Gasteiger partial charge is 0.456 e. The number of halogens is 1. The minimum atomic E-state index is -0.357. The summed E-state index contributed by atoms with van der Waals surface area (Å²) in [7, 11) is 0. The van der Waals surface area contributed by atoms with Gasteiger partial charge in [0, 0.05) is 11.8 Å². The monoisotopic (exact) mass is 329 g/mol. The number of hydrogen-bond acceptors (Lipinski definition) is 5. The minimum absolute atomic E-state index is 0.0435. The molecule has 0 aliphatic carbocycles. The Morgan fingerprint density at radius 2 is 2.08 bits per heavy atom. The van der Waals surface area contributed by atoms with E-state index in [1.807, 2.05) is 13.1 Å². The first-order valence-electron chi connectivity index (χ1n) is 7.45. The summed E-state index contributed by atoms with van der Waals surface area (Å²) in [6.45, 7) is 2.35. The van der Waals surface area contributed by atoms with E-state index in [-0.39, 0.29) is 30.7 Å². The van der Waals surface area contributed by atoms with Gasteiger partial charge in [0.15, 0.2) is 12.4 Å². The number of nitrogens with zero attached hydrogens (tertiary/aromatic N) is 3. The van der Waals surface area contributed by atoms with Gasteiger partial charge in [-0.05, 0) is 36.8 Å². The molecule has 0 bridgehead atoms.